The Morgan fingerprint density at radius 1 is 1.39 bits per heavy atom. The number of nitrogens with one attached hydrogen (secondary N) is 1. The third kappa shape index (κ3) is 2.66. The molecule has 1 heterocycles. The molecule has 0 saturated carbocycles. The molecule has 3 heteroatoms. The van der Waals surface area contributed by atoms with Crippen LogP contribution in [0.3, 0.4) is 0 Å². The fourth-order valence-electron chi connectivity index (χ4n) is 2.92. The van der Waals surface area contributed by atoms with Crippen LogP contribution >= 0.6 is 0 Å². The van der Waals surface area contributed by atoms with Crippen LogP contribution in [0.4, 0.5) is 0 Å². The summed E-state index contributed by atoms with van der Waals surface area (Å²) in [6, 6.07) is 0.479. The van der Waals surface area contributed by atoms with Crippen LogP contribution in [-0.4, -0.2) is 22.9 Å². The number of nitrogens with zero attached hydrogens (tertiary/aromatic N) is 2. The minimum atomic E-state index is 0.479. The molecular formula is C15H25N3. The second kappa shape index (κ2) is 5.70. The quantitative estimate of drug-likeness (QED) is 0.829. The molecule has 18 heavy (non-hydrogen) atoms. The molecule has 0 aromatic carbocycles. The maximum atomic E-state index is 4.51. The lowest BCUT2D eigenvalue weighted by molar-refractivity contribution is 0.567. The molecule has 1 aliphatic rings. The predicted octanol–water partition coefficient (Wildman–Crippen LogP) is 2.67. The topological polar surface area (TPSA) is 29.9 Å². The van der Waals surface area contributed by atoms with Crippen LogP contribution in [0.1, 0.15) is 42.6 Å². The summed E-state index contributed by atoms with van der Waals surface area (Å²) in [5, 5.41) is 7.99. The Morgan fingerprint density at radius 3 is 2.67 bits per heavy atom. The van der Waals surface area contributed by atoms with Crippen molar-refractivity contribution in [3.63, 3.8) is 0 Å². The normalized spacial score (nSPS) is 17.7. The van der Waals surface area contributed by atoms with Gasteiger partial charge in [0.1, 0.15) is 0 Å². The molecule has 2 rings (SSSR count). The van der Waals surface area contributed by atoms with Gasteiger partial charge in [-0.1, -0.05) is 11.6 Å². The van der Waals surface area contributed by atoms with Gasteiger partial charge in [-0.3, -0.25) is 4.68 Å². The van der Waals surface area contributed by atoms with Crippen LogP contribution in [0.25, 0.3) is 0 Å². The minimum Gasteiger partial charge on any atom is -0.313 e. The zero-order valence-corrected chi connectivity index (χ0v) is 12.1. The molecule has 1 aromatic heterocycles. The Kier molecular flexibility index (Phi) is 4.23. The van der Waals surface area contributed by atoms with Crippen molar-refractivity contribution in [2.75, 3.05) is 7.05 Å². The molecule has 0 amide bonds. The summed E-state index contributed by atoms with van der Waals surface area (Å²) in [5.41, 5.74) is 5.46. The molecule has 1 aliphatic carbocycles. The Morgan fingerprint density at radius 2 is 2.17 bits per heavy atom. The van der Waals surface area contributed by atoms with Gasteiger partial charge < -0.3 is 5.32 Å². The summed E-state index contributed by atoms with van der Waals surface area (Å²) in [5.74, 6) is 0. The van der Waals surface area contributed by atoms with Gasteiger partial charge in [-0.15, -0.1) is 0 Å². The van der Waals surface area contributed by atoms with E-state index in [0.29, 0.717) is 6.04 Å². The smallest absolute Gasteiger partial charge is 0.0629 e. The zero-order chi connectivity index (χ0) is 13.1. The van der Waals surface area contributed by atoms with Crippen molar-refractivity contribution >= 4 is 0 Å². The largest absolute Gasteiger partial charge is 0.313 e. The number of likely N-dealkylation sites (N-methyl/N-ethyl adjacent to an activating group) is 1. The standard InChI is InChI=1S/C15H25N3/c1-11-14(12(2)18(4)17-11)10-15(16-3)13-8-6-5-7-9-13/h8,15-16H,5-7,9-10H2,1-4H3. The van der Waals surface area contributed by atoms with Gasteiger partial charge in [0.05, 0.1) is 5.69 Å². The predicted molar refractivity (Wildman–Crippen MR) is 75.8 cm³/mol. The lowest BCUT2D eigenvalue weighted by Gasteiger charge is -2.23. The van der Waals surface area contributed by atoms with Crippen molar-refractivity contribution in [2.45, 2.75) is 52.0 Å². The van der Waals surface area contributed by atoms with E-state index in [0.717, 1.165) is 6.42 Å². The molecule has 1 aromatic rings. The molecule has 0 saturated heterocycles. The second-order valence-electron chi connectivity index (χ2n) is 5.34. The van der Waals surface area contributed by atoms with Gasteiger partial charge in [0.2, 0.25) is 0 Å². The van der Waals surface area contributed by atoms with Gasteiger partial charge in [0.15, 0.2) is 0 Å². The van der Waals surface area contributed by atoms with E-state index in [1.807, 2.05) is 11.7 Å². The lowest BCUT2D eigenvalue weighted by atomic mass is 9.90. The molecule has 1 atom stereocenters. The van der Waals surface area contributed by atoms with Gasteiger partial charge in [-0.05, 0) is 58.6 Å². The van der Waals surface area contributed by atoms with Crippen LogP contribution in [0.2, 0.25) is 0 Å². The summed E-state index contributed by atoms with van der Waals surface area (Å²) in [7, 11) is 4.10. The Bertz CT molecular complexity index is 443. The van der Waals surface area contributed by atoms with Crippen molar-refractivity contribution in [3.8, 4) is 0 Å². The van der Waals surface area contributed by atoms with Crippen molar-refractivity contribution in [2.24, 2.45) is 7.05 Å². The molecule has 0 spiro atoms. The third-order valence-electron chi connectivity index (χ3n) is 4.19. The summed E-state index contributed by atoms with van der Waals surface area (Å²) in [4.78, 5) is 0. The highest BCUT2D eigenvalue weighted by molar-refractivity contribution is 5.28. The molecule has 1 unspecified atom stereocenters. The fraction of sp³-hybridized carbons (Fsp3) is 0.667. The highest BCUT2D eigenvalue weighted by atomic mass is 15.3. The SMILES string of the molecule is CNC(Cc1c(C)nn(C)c1C)C1=CCCCC1. The van der Waals surface area contributed by atoms with E-state index in [1.54, 1.807) is 5.57 Å². The first-order valence-electron chi connectivity index (χ1n) is 6.98. The minimum absolute atomic E-state index is 0.479. The molecule has 0 aliphatic heterocycles. The van der Waals surface area contributed by atoms with E-state index in [9.17, 15) is 0 Å². The van der Waals surface area contributed by atoms with Crippen LogP contribution in [0.15, 0.2) is 11.6 Å². The lowest BCUT2D eigenvalue weighted by Crippen LogP contribution is -2.30. The highest BCUT2D eigenvalue weighted by Gasteiger charge is 2.19. The molecule has 0 fully saturated rings. The highest BCUT2D eigenvalue weighted by Crippen LogP contribution is 2.24. The van der Waals surface area contributed by atoms with Crippen LogP contribution in [-0.2, 0) is 13.5 Å². The van der Waals surface area contributed by atoms with E-state index < -0.39 is 0 Å². The summed E-state index contributed by atoms with van der Waals surface area (Å²) >= 11 is 0. The number of aryl methyl sites for hydroxylation is 2. The van der Waals surface area contributed by atoms with Crippen molar-refractivity contribution < 1.29 is 0 Å². The molecular weight excluding hydrogens is 222 g/mol. The number of rotatable bonds is 4. The zero-order valence-electron chi connectivity index (χ0n) is 12.1. The van der Waals surface area contributed by atoms with E-state index in [4.69, 9.17) is 0 Å². The van der Waals surface area contributed by atoms with E-state index in [-0.39, 0.29) is 0 Å². The number of aromatic nitrogens is 2. The Labute approximate surface area is 110 Å². The van der Waals surface area contributed by atoms with Gasteiger partial charge >= 0.3 is 0 Å². The van der Waals surface area contributed by atoms with Crippen LogP contribution < -0.4 is 5.32 Å². The monoisotopic (exact) mass is 247 g/mol. The van der Waals surface area contributed by atoms with Gasteiger partial charge in [-0.25, -0.2) is 0 Å². The van der Waals surface area contributed by atoms with Crippen LogP contribution in [0, 0.1) is 13.8 Å². The summed E-state index contributed by atoms with van der Waals surface area (Å²) < 4.78 is 1.99. The second-order valence-corrected chi connectivity index (χ2v) is 5.34. The first-order chi connectivity index (χ1) is 8.63. The summed E-state index contributed by atoms with van der Waals surface area (Å²) in [6.45, 7) is 4.28. The van der Waals surface area contributed by atoms with Crippen molar-refractivity contribution in [3.05, 3.63) is 28.6 Å². The first-order valence-corrected chi connectivity index (χ1v) is 6.98. The fourth-order valence-corrected chi connectivity index (χ4v) is 2.92. The molecule has 3 nitrogen and oxygen atoms in total. The van der Waals surface area contributed by atoms with E-state index in [1.165, 1.54) is 42.6 Å². The molecule has 100 valence electrons. The average molecular weight is 247 g/mol. The average Bonchev–Trinajstić information content (AvgIpc) is 2.62. The van der Waals surface area contributed by atoms with Crippen molar-refractivity contribution in [1.29, 1.82) is 0 Å². The van der Waals surface area contributed by atoms with Gasteiger partial charge in [0, 0.05) is 18.8 Å². The first kappa shape index (κ1) is 13.3. The number of hydrogen-bond acceptors (Lipinski definition) is 2. The maximum absolute atomic E-state index is 4.51. The summed E-state index contributed by atoms with van der Waals surface area (Å²) in [6.07, 6.45) is 8.70. The number of hydrogen-bond donors (Lipinski definition) is 1. The molecule has 0 radical (unpaired) electrons. The molecule has 1 N–H and O–H groups in total. The third-order valence-corrected chi connectivity index (χ3v) is 4.19. The van der Waals surface area contributed by atoms with Gasteiger partial charge in [0.25, 0.3) is 0 Å². The van der Waals surface area contributed by atoms with E-state index in [2.05, 4.69) is 37.4 Å². The van der Waals surface area contributed by atoms with Crippen molar-refractivity contribution in [1.82, 2.24) is 15.1 Å². The van der Waals surface area contributed by atoms with Gasteiger partial charge in [-0.2, -0.15) is 5.10 Å². The molecule has 0 bridgehead atoms. The number of allylic oxidation sites excluding steroid dienone is 1. The van der Waals surface area contributed by atoms with Crippen LogP contribution in [0.5, 0.6) is 0 Å². The maximum Gasteiger partial charge on any atom is 0.0629 e. The Hall–Kier alpha value is -1.09. The van der Waals surface area contributed by atoms with E-state index >= 15 is 0 Å². The Balaban J connectivity index is 2.17.